The van der Waals surface area contributed by atoms with Crippen LogP contribution >= 0.6 is 23.2 Å². The first kappa shape index (κ1) is 32.0. The van der Waals surface area contributed by atoms with Gasteiger partial charge in [-0.1, -0.05) is 53.5 Å². The van der Waals surface area contributed by atoms with E-state index in [0.29, 0.717) is 50.3 Å². The Hall–Kier alpha value is -3.99. The van der Waals surface area contributed by atoms with Crippen LogP contribution in [0.1, 0.15) is 53.7 Å². The summed E-state index contributed by atoms with van der Waals surface area (Å²) in [6, 6.07) is 17.1. The second kappa shape index (κ2) is 12.3. The Balaban J connectivity index is 1.21. The first-order chi connectivity index (χ1) is 22.0. The molecule has 1 aliphatic carbocycles. The highest BCUT2D eigenvalue weighted by Gasteiger charge is 2.45. The number of amides is 3. The highest BCUT2D eigenvalue weighted by molar-refractivity contribution is 7.90. The number of urea groups is 1. The molecule has 46 heavy (non-hydrogen) atoms. The Kier molecular flexibility index (Phi) is 8.56. The number of carbonyl (C=O) groups excluding carboxylic acids is 2. The maximum atomic E-state index is 13.9. The number of aryl methyl sites for hydroxylation is 1. The van der Waals surface area contributed by atoms with E-state index in [0.717, 1.165) is 38.9 Å². The van der Waals surface area contributed by atoms with E-state index in [2.05, 4.69) is 5.32 Å². The van der Waals surface area contributed by atoms with Crippen molar-refractivity contribution >= 4 is 61.6 Å². The van der Waals surface area contributed by atoms with Gasteiger partial charge in [-0.3, -0.25) is 4.79 Å². The molecule has 9 nitrogen and oxygen atoms in total. The van der Waals surface area contributed by atoms with E-state index < -0.39 is 21.6 Å². The average Bonchev–Trinajstić information content (AvgIpc) is 3.64. The van der Waals surface area contributed by atoms with Gasteiger partial charge >= 0.3 is 6.03 Å². The predicted molar refractivity (Wildman–Crippen MR) is 179 cm³/mol. The highest BCUT2D eigenvalue weighted by atomic mass is 35.5. The minimum atomic E-state index is -4.30. The van der Waals surface area contributed by atoms with Crippen LogP contribution in [-0.4, -0.2) is 39.1 Å². The van der Waals surface area contributed by atoms with Gasteiger partial charge in [0.1, 0.15) is 16.4 Å². The minimum Gasteiger partial charge on any atom is -0.493 e. The number of benzene rings is 4. The Morgan fingerprint density at radius 1 is 0.957 bits per heavy atom. The molecule has 0 radical (unpaired) electrons. The Morgan fingerprint density at radius 2 is 1.63 bits per heavy atom. The smallest absolute Gasteiger partial charge is 0.329 e. The molecular weight excluding hydrogens is 649 g/mol. The summed E-state index contributed by atoms with van der Waals surface area (Å²) in [6.07, 6.45) is 1.85. The van der Waals surface area contributed by atoms with Crippen molar-refractivity contribution in [2.75, 3.05) is 18.1 Å². The Bertz CT molecular complexity index is 1970. The van der Waals surface area contributed by atoms with Crippen LogP contribution in [0.25, 0.3) is 10.8 Å². The molecule has 0 saturated heterocycles. The Labute approximate surface area is 277 Å². The molecule has 6 rings (SSSR count). The monoisotopic (exact) mass is 681 g/mol. The second-order valence-corrected chi connectivity index (χ2v) is 14.0. The van der Waals surface area contributed by atoms with Gasteiger partial charge < -0.3 is 19.7 Å². The van der Waals surface area contributed by atoms with Gasteiger partial charge in [-0.05, 0) is 92.4 Å². The summed E-state index contributed by atoms with van der Waals surface area (Å²) < 4.78 is 39.6. The summed E-state index contributed by atoms with van der Waals surface area (Å²) in [4.78, 5) is 28.2. The molecule has 1 aliphatic heterocycles. The van der Waals surface area contributed by atoms with Crippen molar-refractivity contribution in [1.82, 2.24) is 10.0 Å². The van der Waals surface area contributed by atoms with Gasteiger partial charge in [0.05, 0.1) is 35.4 Å². The summed E-state index contributed by atoms with van der Waals surface area (Å²) in [5, 5.41) is 4.53. The van der Waals surface area contributed by atoms with Gasteiger partial charge in [0, 0.05) is 16.6 Å². The fraction of sp³-hybridized carbons (Fsp3) is 0.294. The molecule has 1 heterocycles. The summed E-state index contributed by atoms with van der Waals surface area (Å²) in [6.45, 7) is 7.07. The number of hydrogen-bond acceptors (Lipinski definition) is 6. The molecule has 3 amide bonds. The van der Waals surface area contributed by atoms with Crippen LogP contribution in [0.15, 0.2) is 65.6 Å². The lowest BCUT2D eigenvalue weighted by Gasteiger charge is -2.22. The average molecular weight is 683 g/mol. The number of ether oxygens (including phenoxy) is 2. The van der Waals surface area contributed by atoms with E-state index in [1.54, 1.807) is 4.90 Å². The molecule has 1 saturated carbocycles. The molecule has 0 spiro atoms. The first-order valence-electron chi connectivity index (χ1n) is 15.0. The van der Waals surface area contributed by atoms with Crippen molar-refractivity contribution in [2.45, 2.75) is 57.0 Å². The van der Waals surface area contributed by atoms with Crippen LogP contribution in [0.4, 0.5) is 10.5 Å². The van der Waals surface area contributed by atoms with E-state index >= 15 is 0 Å². The van der Waals surface area contributed by atoms with Gasteiger partial charge in [0.25, 0.3) is 15.9 Å². The lowest BCUT2D eigenvalue weighted by molar-refractivity contribution is 0.0993. The molecule has 2 aliphatic rings. The fourth-order valence-corrected chi connectivity index (χ4v) is 8.23. The van der Waals surface area contributed by atoms with Crippen LogP contribution in [0.3, 0.4) is 0 Å². The molecule has 0 unspecified atom stereocenters. The number of anilines is 1. The van der Waals surface area contributed by atoms with E-state index in [4.69, 9.17) is 32.7 Å². The number of nitrogens with zero attached hydrogens (tertiary/aromatic N) is 1. The summed E-state index contributed by atoms with van der Waals surface area (Å²) in [7, 11) is -4.30. The standard InChI is InChI=1S/C34H33Cl2N3O6S/c1-4-44-27-11-6-8-22-17-28(45-5-2)30-23(29(22)27)19-39(32(30)40)26-13-12-21(16-20(26)3)18-34(14-15-34)37-33(41)38-46(42,43)31-24(35)9-7-10-25(31)36/h6-13,16-17H,4-5,14-15,18-19H2,1-3H3,(H2,37,38,41). The third-order valence-electron chi connectivity index (χ3n) is 8.31. The number of rotatable bonds is 10. The zero-order valence-corrected chi connectivity index (χ0v) is 27.9. The van der Waals surface area contributed by atoms with E-state index in [1.807, 2.05) is 68.0 Å². The van der Waals surface area contributed by atoms with Crippen molar-refractivity contribution in [1.29, 1.82) is 0 Å². The molecule has 0 bridgehead atoms. The highest BCUT2D eigenvalue weighted by Crippen LogP contribution is 2.44. The van der Waals surface area contributed by atoms with Crippen molar-refractivity contribution < 1.29 is 27.5 Å². The maximum Gasteiger partial charge on any atom is 0.329 e. The molecule has 0 atom stereocenters. The van der Waals surface area contributed by atoms with Gasteiger partial charge in [-0.2, -0.15) is 0 Å². The van der Waals surface area contributed by atoms with Crippen molar-refractivity contribution in [2.24, 2.45) is 0 Å². The number of nitrogens with one attached hydrogen (secondary N) is 2. The van der Waals surface area contributed by atoms with Gasteiger partial charge in [0.15, 0.2) is 0 Å². The quantitative estimate of drug-likeness (QED) is 0.183. The summed E-state index contributed by atoms with van der Waals surface area (Å²) in [5.41, 5.74) is 3.43. The van der Waals surface area contributed by atoms with Crippen molar-refractivity contribution in [3.63, 3.8) is 0 Å². The third-order valence-corrected chi connectivity index (χ3v) is 10.6. The fourth-order valence-electron chi connectivity index (χ4n) is 6.17. The number of hydrogen-bond donors (Lipinski definition) is 2. The lowest BCUT2D eigenvalue weighted by atomic mass is 9.99. The van der Waals surface area contributed by atoms with Crippen LogP contribution in [0.5, 0.6) is 11.5 Å². The third kappa shape index (κ3) is 5.97. The molecule has 12 heteroatoms. The van der Waals surface area contributed by atoms with Gasteiger partial charge in [0.2, 0.25) is 0 Å². The van der Waals surface area contributed by atoms with Crippen molar-refractivity contribution in [3.05, 3.63) is 93.0 Å². The lowest BCUT2D eigenvalue weighted by Crippen LogP contribution is -2.46. The van der Waals surface area contributed by atoms with Crippen LogP contribution in [0.2, 0.25) is 10.0 Å². The molecule has 240 valence electrons. The number of carbonyl (C=O) groups is 2. The number of fused-ring (bicyclic) bond motifs is 3. The zero-order valence-electron chi connectivity index (χ0n) is 25.6. The van der Waals surface area contributed by atoms with Crippen molar-refractivity contribution in [3.8, 4) is 11.5 Å². The van der Waals surface area contributed by atoms with Crippen LogP contribution < -0.4 is 24.4 Å². The van der Waals surface area contributed by atoms with E-state index in [-0.39, 0.29) is 20.8 Å². The second-order valence-electron chi connectivity index (χ2n) is 11.5. The first-order valence-corrected chi connectivity index (χ1v) is 17.3. The van der Waals surface area contributed by atoms with E-state index in [1.165, 1.54) is 18.2 Å². The molecular formula is C34H33Cl2N3O6S. The van der Waals surface area contributed by atoms with Gasteiger partial charge in [-0.15, -0.1) is 0 Å². The maximum absolute atomic E-state index is 13.9. The van der Waals surface area contributed by atoms with Gasteiger partial charge in [-0.25, -0.2) is 17.9 Å². The van der Waals surface area contributed by atoms with Crippen LogP contribution in [0, 0.1) is 6.92 Å². The molecule has 0 aromatic heterocycles. The van der Waals surface area contributed by atoms with E-state index in [9.17, 15) is 18.0 Å². The Morgan fingerprint density at radius 3 is 2.28 bits per heavy atom. The summed E-state index contributed by atoms with van der Waals surface area (Å²) >= 11 is 12.1. The largest absolute Gasteiger partial charge is 0.493 e. The summed E-state index contributed by atoms with van der Waals surface area (Å²) in [5.74, 6) is 1.15. The zero-order chi connectivity index (χ0) is 32.8. The predicted octanol–water partition coefficient (Wildman–Crippen LogP) is 7.18. The number of sulfonamides is 1. The topological polar surface area (TPSA) is 114 Å². The number of halogens is 2. The SMILES string of the molecule is CCOc1cc2cccc(OCC)c2c2c1C(=O)N(c1ccc(CC3(NC(=O)NS(=O)(=O)c4c(Cl)cccc4Cl)CC3)cc1C)C2. The molecule has 4 aromatic rings. The van der Waals surface area contributed by atoms with Crippen LogP contribution in [-0.2, 0) is 23.0 Å². The molecule has 4 aromatic carbocycles. The minimum absolute atomic E-state index is 0.0823. The molecule has 1 fully saturated rings. The normalized spacial score (nSPS) is 15.1. The molecule has 2 N–H and O–H groups in total.